The number of nitrogens with zero attached hydrogens (tertiary/aromatic N) is 6. The van der Waals surface area contributed by atoms with Crippen LogP contribution >= 0.6 is 0 Å². The highest BCUT2D eigenvalue weighted by Crippen LogP contribution is 2.25. The Hall–Kier alpha value is -3.03. The number of hydrogen-bond donors (Lipinski definition) is 0. The van der Waals surface area contributed by atoms with Crippen LogP contribution < -0.4 is 0 Å². The van der Waals surface area contributed by atoms with E-state index in [1.165, 1.54) is 0 Å². The molecule has 0 aromatic carbocycles. The second kappa shape index (κ2) is 7.42. The fourth-order valence-corrected chi connectivity index (χ4v) is 4.30. The van der Waals surface area contributed by atoms with E-state index in [0.29, 0.717) is 17.6 Å². The van der Waals surface area contributed by atoms with Gasteiger partial charge in [0.2, 0.25) is 11.7 Å². The number of carbonyl (C=O) groups is 1. The number of fused-ring (bicyclic) bond motifs is 1. The summed E-state index contributed by atoms with van der Waals surface area (Å²) >= 11 is 0. The lowest BCUT2D eigenvalue weighted by atomic mass is 9.93. The van der Waals surface area contributed by atoms with Gasteiger partial charge in [0, 0.05) is 32.3 Å². The minimum Gasteiger partial charge on any atom is -0.339 e. The van der Waals surface area contributed by atoms with Gasteiger partial charge in [-0.1, -0.05) is 5.16 Å². The summed E-state index contributed by atoms with van der Waals surface area (Å²) in [4.78, 5) is 23.7. The highest BCUT2D eigenvalue weighted by Gasteiger charge is 2.29. The highest BCUT2D eigenvalue weighted by molar-refractivity contribution is 5.95. The molecule has 3 aromatic heterocycles. The molecule has 0 atom stereocenters. The van der Waals surface area contributed by atoms with Crippen molar-refractivity contribution in [2.75, 3.05) is 13.1 Å². The van der Waals surface area contributed by atoms with Crippen LogP contribution in [0.4, 0.5) is 0 Å². The maximum atomic E-state index is 12.9. The standard InChI is InChI=1S/C21H24N6O2/c1-14-4-7-22-17(11-14)20-24-19(29-25-20)12-15-5-9-26(10-6-15)21(28)16-13-23-27-8-2-3-18(16)27/h4,7,11,13,15H,2-3,5-6,8-10,12H2,1H3. The van der Waals surface area contributed by atoms with E-state index >= 15 is 0 Å². The molecule has 0 aliphatic carbocycles. The van der Waals surface area contributed by atoms with Crippen molar-refractivity contribution in [1.82, 2.24) is 29.8 Å². The second-order valence-corrected chi connectivity index (χ2v) is 8.00. The van der Waals surface area contributed by atoms with Gasteiger partial charge in [0.05, 0.1) is 17.5 Å². The fraction of sp³-hybridized carbons (Fsp3) is 0.476. The summed E-state index contributed by atoms with van der Waals surface area (Å²) in [6.07, 6.45) is 8.14. The van der Waals surface area contributed by atoms with E-state index in [1.54, 1.807) is 12.4 Å². The van der Waals surface area contributed by atoms with Gasteiger partial charge in [-0.2, -0.15) is 10.1 Å². The average Bonchev–Trinajstić information content (AvgIpc) is 3.45. The van der Waals surface area contributed by atoms with Gasteiger partial charge < -0.3 is 9.42 Å². The quantitative estimate of drug-likeness (QED) is 0.678. The first-order valence-corrected chi connectivity index (χ1v) is 10.3. The van der Waals surface area contributed by atoms with Crippen molar-refractivity contribution >= 4 is 5.91 Å². The summed E-state index contributed by atoms with van der Waals surface area (Å²) in [7, 11) is 0. The number of hydrogen-bond acceptors (Lipinski definition) is 6. The van der Waals surface area contributed by atoms with Gasteiger partial charge in [0.25, 0.3) is 5.91 Å². The van der Waals surface area contributed by atoms with E-state index < -0.39 is 0 Å². The maximum absolute atomic E-state index is 12.9. The number of rotatable bonds is 4. The third kappa shape index (κ3) is 3.54. The number of piperidine rings is 1. The molecule has 0 radical (unpaired) electrons. The Bertz CT molecular complexity index is 1030. The Morgan fingerprint density at radius 3 is 2.97 bits per heavy atom. The molecule has 0 bridgehead atoms. The zero-order valence-corrected chi connectivity index (χ0v) is 16.5. The van der Waals surface area contributed by atoms with Crippen molar-refractivity contribution in [3.05, 3.63) is 47.2 Å². The van der Waals surface area contributed by atoms with E-state index in [0.717, 1.165) is 74.3 Å². The molecular formula is C21H24N6O2. The van der Waals surface area contributed by atoms with Crippen molar-refractivity contribution < 1.29 is 9.32 Å². The number of carbonyl (C=O) groups excluding carboxylic acids is 1. The summed E-state index contributed by atoms with van der Waals surface area (Å²) in [5, 5.41) is 8.43. The van der Waals surface area contributed by atoms with Gasteiger partial charge in [-0.3, -0.25) is 14.5 Å². The second-order valence-electron chi connectivity index (χ2n) is 8.00. The molecule has 1 fully saturated rings. The topological polar surface area (TPSA) is 89.9 Å². The molecule has 0 saturated carbocycles. The van der Waals surface area contributed by atoms with Crippen LogP contribution in [0.15, 0.2) is 29.0 Å². The number of likely N-dealkylation sites (tertiary alicyclic amines) is 1. The van der Waals surface area contributed by atoms with E-state index in [4.69, 9.17) is 4.52 Å². The van der Waals surface area contributed by atoms with Crippen molar-refractivity contribution in [2.45, 2.75) is 45.6 Å². The van der Waals surface area contributed by atoms with Crippen molar-refractivity contribution in [3.63, 3.8) is 0 Å². The molecule has 8 heteroatoms. The summed E-state index contributed by atoms with van der Waals surface area (Å²) in [6, 6.07) is 3.89. The SMILES string of the molecule is Cc1ccnc(-c2noc(CC3CCN(C(=O)c4cnn5c4CCC5)CC3)n2)c1. The molecule has 1 amide bonds. The smallest absolute Gasteiger partial charge is 0.257 e. The Balaban J connectivity index is 1.19. The van der Waals surface area contributed by atoms with Gasteiger partial charge in [-0.15, -0.1) is 0 Å². The molecular weight excluding hydrogens is 368 g/mol. The Morgan fingerprint density at radius 2 is 2.14 bits per heavy atom. The maximum Gasteiger partial charge on any atom is 0.257 e. The van der Waals surface area contributed by atoms with Crippen molar-refractivity contribution in [2.24, 2.45) is 5.92 Å². The minimum absolute atomic E-state index is 0.122. The number of pyridine rings is 1. The predicted molar refractivity (Wildman–Crippen MR) is 105 cm³/mol. The van der Waals surface area contributed by atoms with Crippen LogP contribution in [0.1, 0.15) is 46.8 Å². The summed E-state index contributed by atoms with van der Waals surface area (Å²) in [5.41, 5.74) is 3.73. The first-order valence-electron chi connectivity index (χ1n) is 10.3. The number of aryl methyl sites for hydroxylation is 2. The molecule has 150 valence electrons. The molecule has 2 aliphatic rings. The molecule has 5 rings (SSSR count). The van der Waals surface area contributed by atoms with Gasteiger partial charge in [0.15, 0.2) is 0 Å². The van der Waals surface area contributed by atoms with Gasteiger partial charge >= 0.3 is 0 Å². The first kappa shape index (κ1) is 18.0. The number of aromatic nitrogens is 5. The zero-order chi connectivity index (χ0) is 19.8. The normalized spacial score (nSPS) is 16.9. The minimum atomic E-state index is 0.122. The van der Waals surface area contributed by atoms with Crippen molar-refractivity contribution in [3.8, 4) is 11.5 Å². The lowest BCUT2D eigenvalue weighted by molar-refractivity contribution is 0.0686. The monoisotopic (exact) mass is 392 g/mol. The molecule has 2 aliphatic heterocycles. The van der Waals surface area contributed by atoms with E-state index in [1.807, 2.05) is 28.6 Å². The van der Waals surface area contributed by atoms with Crippen LogP contribution in [0.3, 0.4) is 0 Å². The molecule has 8 nitrogen and oxygen atoms in total. The predicted octanol–water partition coefficient (Wildman–Crippen LogP) is 2.68. The number of amides is 1. The van der Waals surface area contributed by atoms with Crippen molar-refractivity contribution in [1.29, 1.82) is 0 Å². The van der Waals surface area contributed by atoms with Crippen LogP contribution in [0.5, 0.6) is 0 Å². The Labute approximate surface area is 168 Å². The average molecular weight is 392 g/mol. The van der Waals surface area contributed by atoms with Gasteiger partial charge in [-0.05, 0) is 56.2 Å². The first-order chi connectivity index (χ1) is 14.2. The van der Waals surface area contributed by atoms with Crippen LogP contribution in [0.25, 0.3) is 11.5 Å². The molecule has 0 spiro atoms. The largest absolute Gasteiger partial charge is 0.339 e. The van der Waals surface area contributed by atoms with Crippen LogP contribution in [0, 0.1) is 12.8 Å². The summed E-state index contributed by atoms with van der Waals surface area (Å²) in [6.45, 7) is 4.46. The van der Waals surface area contributed by atoms with Crippen LogP contribution in [-0.4, -0.2) is 48.8 Å². The lowest BCUT2D eigenvalue weighted by Crippen LogP contribution is -2.39. The summed E-state index contributed by atoms with van der Waals surface area (Å²) < 4.78 is 7.42. The van der Waals surface area contributed by atoms with E-state index in [2.05, 4.69) is 20.2 Å². The molecule has 5 heterocycles. The molecule has 0 N–H and O–H groups in total. The zero-order valence-electron chi connectivity index (χ0n) is 16.5. The van der Waals surface area contributed by atoms with Gasteiger partial charge in [0.1, 0.15) is 5.69 Å². The molecule has 1 saturated heterocycles. The lowest BCUT2D eigenvalue weighted by Gasteiger charge is -2.31. The van der Waals surface area contributed by atoms with Gasteiger partial charge in [-0.25, -0.2) is 0 Å². The fourth-order valence-electron chi connectivity index (χ4n) is 4.30. The molecule has 0 unspecified atom stereocenters. The third-order valence-electron chi connectivity index (χ3n) is 5.94. The summed E-state index contributed by atoms with van der Waals surface area (Å²) in [5.74, 6) is 1.74. The Morgan fingerprint density at radius 1 is 1.28 bits per heavy atom. The van der Waals surface area contributed by atoms with E-state index in [9.17, 15) is 4.79 Å². The highest BCUT2D eigenvalue weighted by atomic mass is 16.5. The molecule has 3 aromatic rings. The Kier molecular flexibility index (Phi) is 4.61. The van der Waals surface area contributed by atoms with Crippen LogP contribution in [0.2, 0.25) is 0 Å². The van der Waals surface area contributed by atoms with Crippen LogP contribution in [-0.2, 0) is 19.4 Å². The molecule has 29 heavy (non-hydrogen) atoms. The third-order valence-corrected chi connectivity index (χ3v) is 5.94. The van der Waals surface area contributed by atoms with E-state index in [-0.39, 0.29) is 5.91 Å².